The molecule has 3 atom stereocenters. The lowest BCUT2D eigenvalue weighted by Crippen LogP contribution is -2.51. The van der Waals surface area contributed by atoms with Gasteiger partial charge in [-0.3, -0.25) is 9.48 Å². The molecule has 0 spiro atoms. The second-order valence-electron chi connectivity index (χ2n) is 12.1. The molecule has 0 radical (unpaired) electrons. The predicted octanol–water partition coefficient (Wildman–Crippen LogP) is 6.23. The van der Waals surface area contributed by atoms with Crippen LogP contribution in [0.3, 0.4) is 0 Å². The zero-order chi connectivity index (χ0) is 32.3. The van der Waals surface area contributed by atoms with Gasteiger partial charge in [0.15, 0.2) is 10.0 Å². The number of rotatable bonds is 8. The number of Topliss-reactive ketones (excluding diaryl/α,β-unsaturated/α-hetero) is 1. The second-order valence-corrected chi connectivity index (χ2v) is 15.3. The first-order valence-corrected chi connectivity index (χ1v) is 16.9. The number of carbonyl (C=O) groups is 1. The molecule has 1 fully saturated rings. The zero-order valence-corrected chi connectivity index (χ0v) is 26.6. The van der Waals surface area contributed by atoms with Crippen molar-refractivity contribution in [3.8, 4) is 5.69 Å². The molecule has 1 aromatic carbocycles. The number of thiazole rings is 1. The average Bonchev–Trinajstić information content (AvgIpc) is 3.74. The molecule has 1 saturated carbocycles. The molecule has 2 aliphatic rings. The van der Waals surface area contributed by atoms with E-state index in [0.717, 1.165) is 16.8 Å². The summed E-state index contributed by atoms with van der Waals surface area (Å²) < 4.78 is 73.8. The molecule has 3 aromatic heterocycles. The van der Waals surface area contributed by atoms with E-state index in [1.54, 1.807) is 47.0 Å². The third-order valence-corrected chi connectivity index (χ3v) is 11.6. The van der Waals surface area contributed by atoms with Gasteiger partial charge in [-0.1, -0.05) is 19.4 Å². The molecule has 238 valence electrons. The lowest BCUT2D eigenvalue weighted by molar-refractivity contribution is -0.134. The quantitative estimate of drug-likeness (QED) is 0.127. The minimum atomic E-state index is -4.63. The Morgan fingerprint density at radius 1 is 1.22 bits per heavy atom. The van der Waals surface area contributed by atoms with Crippen molar-refractivity contribution in [2.45, 2.75) is 56.8 Å². The van der Waals surface area contributed by atoms with Crippen molar-refractivity contribution in [3.05, 3.63) is 81.5 Å². The Labute approximate surface area is 262 Å². The van der Waals surface area contributed by atoms with Gasteiger partial charge in [-0.05, 0) is 79.4 Å². The summed E-state index contributed by atoms with van der Waals surface area (Å²) in [6.07, 6.45) is 2.62. The highest BCUT2D eigenvalue weighted by atomic mass is 32.2. The third kappa shape index (κ3) is 5.67. The summed E-state index contributed by atoms with van der Waals surface area (Å²) in [5.41, 5.74) is 1.58. The minimum Gasteiger partial charge on any atom is -0.290 e. The van der Waals surface area contributed by atoms with Crippen LogP contribution in [0.4, 0.5) is 17.6 Å². The van der Waals surface area contributed by atoms with Crippen LogP contribution in [-0.2, 0) is 29.4 Å². The number of hydrogen-bond donors (Lipinski definition) is 0. The maximum absolute atomic E-state index is 14.5. The van der Waals surface area contributed by atoms with Crippen LogP contribution in [0.2, 0.25) is 0 Å². The maximum atomic E-state index is 14.5. The Kier molecular flexibility index (Phi) is 7.89. The fraction of sp³-hybridized carbons (Fsp3) is 0.387. The summed E-state index contributed by atoms with van der Waals surface area (Å²) in [4.78, 5) is 17.5. The van der Waals surface area contributed by atoms with E-state index in [2.05, 4.69) is 21.1 Å². The number of alkyl halides is 3. The Hall–Kier alpha value is -3.62. The van der Waals surface area contributed by atoms with E-state index in [4.69, 9.17) is 0 Å². The number of aromatic nitrogens is 5. The molecule has 0 saturated heterocycles. The highest BCUT2D eigenvalue weighted by Gasteiger charge is 2.52. The summed E-state index contributed by atoms with van der Waals surface area (Å²) in [6, 6.07) is 7.15. The van der Waals surface area contributed by atoms with Gasteiger partial charge in [-0.15, -0.1) is 11.3 Å². The summed E-state index contributed by atoms with van der Waals surface area (Å²) in [5.74, 6) is 3.33. The minimum absolute atomic E-state index is 0.0973. The lowest BCUT2D eigenvalue weighted by Gasteiger charge is -2.47. The number of benzene rings is 1. The normalized spacial score (nSPS) is 21.4. The molecule has 0 N–H and O–H groups in total. The van der Waals surface area contributed by atoms with Gasteiger partial charge in [-0.25, -0.2) is 22.6 Å². The number of fused-ring (bicyclic) bond motifs is 2. The first kappa shape index (κ1) is 31.4. The standard InChI is InChI=1S/C31H32F4N6O2S2/c1-19(2)18-40(45(4,43)27-11-12-39(3)38-27)24-8-5-21-13-25-20(16-37-41(25)23-9-6-22(32)7-10-23)14-30(21,15-24)28(42)29-36-17-26(44-29)31(33,34)35/h6-7,9-13,16-17,19,24H,4-5,8,14-15,18H2,1-3H3/t24-,30-,45?/m0/s1. The van der Waals surface area contributed by atoms with Crippen molar-refractivity contribution >= 4 is 38.8 Å². The van der Waals surface area contributed by atoms with Gasteiger partial charge in [0.2, 0.25) is 5.78 Å². The monoisotopic (exact) mass is 660 g/mol. The zero-order valence-electron chi connectivity index (χ0n) is 24.9. The van der Waals surface area contributed by atoms with Gasteiger partial charge in [0.1, 0.15) is 10.7 Å². The number of nitrogens with zero attached hydrogens (tertiary/aromatic N) is 6. The molecule has 4 aromatic rings. The average molecular weight is 661 g/mol. The summed E-state index contributed by atoms with van der Waals surface area (Å²) in [5, 5.41) is 9.02. The molecule has 6 rings (SSSR count). The molecule has 3 heterocycles. The fourth-order valence-corrected chi connectivity index (χ4v) is 9.18. The topological polar surface area (TPSA) is 85.9 Å². The van der Waals surface area contributed by atoms with Gasteiger partial charge in [-0.2, -0.15) is 23.4 Å². The summed E-state index contributed by atoms with van der Waals surface area (Å²) in [7, 11) is -1.35. The third-order valence-electron chi connectivity index (χ3n) is 8.47. The van der Waals surface area contributed by atoms with Gasteiger partial charge in [0.25, 0.3) is 0 Å². The number of ketones is 1. The molecule has 0 aliphatic heterocycles. The number of allylic oxidation sites excluding steroid dienone is 1. The summed E-state index contributed by atoms with van der Waals surface area (Å²) in [6.45, 7) is 4.41. The van der Waals surface area contributed by atoms with Crippen molar-refractivity contribution in [1.82, 2.24) is 28.9 Å². The Morgan fingerprint density at radius 3 is 2.58 bits per heavy atom. The van der Waals surface area contributed by atoms with Crippen LogP contribution in [0.5, 0.6) is 0 Å². The van der Waals surface area contributed by atoms with Crippen LogP contribution in [-0.4, -0.2) is 57.3 Å². The van der Waals surface area contributed by atoms with Crippen molar-refractivity contribution in [1.29, 1.82) is 0 Å². The molecule has 45 heavy (non-hydrogen) atoms. The predicted molar refractivity (Wildman–Crippen MR) is 165 cm³/mol. The van der Waals surface area contributed by atoms with Crippen molar-refractivity contribution < 1.29 is 26.6 Å². The smallest absolute Gasteiger partial charge is 0.290 e. The Balaban J connectivity index is 1.45. The summed E-state index contributed by atoms with van der Waals surface area (Å²) >= 11 is 0.338. The fourth-order valence-electron chi connectivity index (χ4n) is 6.39. The highest BCUT2D eigenvalue weighted by molar-refractivity contribution is 7.98. The van der Waals surface area contributed by atoms with Gasteiger partial charge < -0.3 is 0 Å². The van der Waals surface area contributed by atoms with Crippen LogP contribution in [0, 0.1) is 17.2 Å². The first-order valence-electron chi connectivity index (χ1n) is 14.4. The van der Waals surface area contributed by atoms with Crippen LogP contribution in [0.1, 0.15) is 59.0 Å². The number of hydrogen-bond acceptors (Lipinski definition) is 6. The Bertz CT molecular complexity index is 1890. The van der Waals surface area contributed by atoms with Crippen molar-refractivity contribution in [2.75, 3.05) is 6.54 Å². The SMILES string of the molecule is C=S(=O)(c1ccn(C)n1)N(CC(C)C)[C@H]1CCC2=Cc3c(cnn3-c3ccc(F)cc3)C[C@]2(C(=O)c2ncc(C(F)(F)F)s2)C1. The molecule has 14 heteroatoms. The van der Waals surface area contributed by atoms with Crippen molar-refractivity contribution in [2.24, 2.45) is 18.4 Å². The van der Waals surface area contributed by atoms with Gasteiger partial charge in [0.05, 0.1) is 38.9 Å². The van der Waals surface area contributed by atoms with E-state index in [1.807, 2.05) is 24.2 Å². The van der Waals surface area contributed by atoms with Gasteiger partial charge >= 0.3 is 6.18 Å². The van der Waals surface area contributed by atoms with Crippen LogP contribution >= 0.6 is 11.3 Å². The Morgan fingerprint density at radius 2 is 1.96 bits per heavy atom. The van der Waals surface area contributed by atoms with Crippen LogP contribution < -0.4 is 0 Å². The van der Waals surface area contributed by atoms with E-state index >= 15 is 0 Å². The van der Waals surface area contributed by atoms with E-state index < -0.39 is 38.0 Å². The molecule has 0 amide bonds. The van der Waals surface area contributed by atoms with Crippen LogP contribution in [0.15, 0.2) is 59.5 Å². The second kappa shape index (κ2) is 11.3. The van der Waals surface area contributed by atoms with E-state index in [0.29, 0.717) is 47.6 Å². The molecule has 1 unspecified atom stereocenters. The number of carbonyl (C=O) groups excluding carboxylic acids is 1. The molecule has 2 aliphatic carbocycles. The lowest BCUT2D eigenvalue weighted by atomic mass is 9.61. The number of halogens is 4. The first-order chi connectivity index (χ1) is 21.2. The highest BCUT2D eigenvalue weighted by Crippen LogP contribution is 2.52. The van der Waals surface area contributed by atoms with Crippen LogP contribution in [0.25, 0.3) is 11.8 Å². The molecular formula is C31H32F4N6O2S2. The largest absolute Gasteiger partial charge is 0.427 e. The van der Waals surface area contributed by atoms with E-state index in [1.165, 1.54) is 12.1 Å². The molecular weight excluding hydrogens is 629 g/mol. The van der Waals surface area contributed by atoms with Crippen molar-refractivity contribution in [3.63, 3.8) is 0 Å². The molecule has 8 nitrogen and oxygen atoms in total. The maximum Gasteiger partial charge on any atom is 0.427 e. The van der Waals surface area contributed by atoms with Gasteiger partial charge in [0, 0.05) is 25.8 Å². The van der Waals surface area contributed by atoms with E-state index in [-0.39, 0.29) is 29.6 Å². The molecule has 0 bridgehead atoms. The number of aryl methyl sites for hydroxylation is 1. The van der Waals surface area contributed by atoms with E-state index in [9.17, 15) is 26.6 Å².